The van der Waals surface area contributed by atoms with E-state index in [0.29, 0.717) is 18.8 Å². The largest absolute Gasteiger partial charge is 0.455 e. The Morgan fingerprint density at radius 3 is 2.63 bits per heavy atom. The molecule has 1 aromatic heterocycles. The number of thiazole rings is 1. The van der Waals surface area contributed by atoms with Crippen LogP contribution in [-0.2, 0) is 14.3 Å². The fourth-order valence-electron chi connectivity index (χ4n) is 3.55. The van der Waals surface area contributed by atoms with Crippen LogP contribution in [0.2, 0.25) is 0 Å². The summed E-state index contributed by atoms with van der Waals surface area (Å²) in [4.78, 5) is 43.9. The van der Waals surface area contributed by atoms with E-state index >= 15 is 0 Å². The van der Waals surface area contributed by atoms with Crippen LogP contribution in [0.15, 0.2) is 42.5 Å². The number of imide groups is 1. The standard InChI is InChI=1S/C21H16FN3O4S/c22-13-4-5-16-17(9-13)30-21(23-16)24-10-15(11-24)29-20(28)12-2-1-3-14(8-12)25-18(26)6-7-19(25)27/h1-5,8-9,15H,6-7,10-11H2. The predicted octanol–water partition coefficient (Wildman–Crippen LogP) is 3.13. The van der Waals surface area contributed by atoms with Gasteiger partial charge in [0.05, 0.1) is 34.6 Å². The van der Waals surface area contributed by atoms with Crippen LogP contribution in [0.3, 0.4) is 0 Å². The van der Waals surface area contributed by atoms with Crippen LogP contribution in [0.25, 0.3) is 10.2 Å². The molecule has 0 spiro atoms. The molecule has 7 nitrogen and oxygen atoms in total. The predicted molar refractivity (Wildman–Crippen MR) is 109 cm³/mol. The van der Waals surface area contributed by atoms with E-state index in [2.05, 4.69) is 4.98 Å². The van der Waals surface area contributed by atoms with Crippen molar-refractivity contribution in [3.63, 3.8) is 0 Å². The lowest BCUT2D eigenvalue weighted by atomic mass is 10.1. The number of carbonyl (C=O) groups is 3. The highest BCUT2D eigenvalue weighted by molar-refractivity contribution is 7.22. The molecule has 0 radical (unpaired) electrons. The zero-order chi connectivity index (χ0) is 20.8. The van der Waals surface area contributed by atoms with Crippen molar-refractivity contribution in [2.24, 2.45) is 0 Å². The van der Waals surface area contributed by atoms with Crippen LogP contribution in [0, 0.1) is 5.82 Å². The van der Waals surface area contributed by atoms with E-state index in [1.165, 1.54) is 29.5 Å². The van der Waals surface area contributed by atoms with Gasteiger partial charge in [-0.15, -0.1) is 0 Å². The molecule has 0 unspecified atom stereocenters. The second-order valence-electron chi connectivity index (χ2n) is 7.21. The number of benzene rings is 2. The van der Waals surface area contributed by atoms with Crippen molar-refractivity contribution in [1.82, 2.24) is 4.98 Å². The minimum atomic E-state index is -0.507. The number of hydrogen-bond donors (Lipinski definition) is 0. The van der Waals surface area contributed by atoms with E-state index in [9.17, 15) is 18.8 Å². The number of halogens is 1. The Morgan fingerprint density at radius 1 is 1.10 bits per heavy atom. The van der Waals surface area contributed by atoms with E-state index in [4.69, 9.17) is 4.74 Å². The molecule has 0 atom stereocenters. The van der Waals surface area contributed by atoms with E-state index in [-0.39, 0.29) is 42.1 Å². The van der Waals surface area contributed by atoms with Crippen LogP contribution >= 0.6 is 11.3 Å². The van der Waals surface area contributed by atoms with Crippen LogP contribution in [0.5, 0.6) is 0 Å². The Bertz CT molecular complexity index is 1170. The van der Waals surface area contributed by atoms with E-state index in [1.54, 1.807) is 24.3 Å². The number of nitrogens with zero attached hydrogens (tertiary/aromatic N) is 3. The minimum Gasteiger partial charge on any atom is -0.455 e. The highest BCUT2D eigenvalue weighted by Gasteiger charge is 2.33. The molecule has 3 aromatic rings. The number of hydrogen-bond acceptors (Lipinski definition) is 7. The van der Waals surface area contributed by atoms with Gasteiger partial charge in [-0.25, -0.2) is 14.2 Å². The molecule has 5 rings (SSSR count). The van der Waals surface area contributed by atoms with Crippen molar-refractivity contribution in [3.8, 4) is 0 Å². The Balaban J connectivity index is 1.23. The normalized spacial score (nSPS) is 17.0. The molecule has 0 N–H and O–H groups in total. The first-order chi connectivity index (χ1) is 14.5. The van der Waals surface area contributed by atoms with Gasteiger partial charge in [0.25, 0.3) is 0 Å². The van der Waals surface area contributed by atoms with Gasteiger partial charge in [0, 0.05) is 12.8 Å². The summed E-state index contributed by atoms with van der Waals surface area (Å²) in [5.41, 5.74) is 1.41. The van der Waals surface area contributed by atoms with Gasteiger partial charge in [0.15, 0.2) is 5.13 Å². The number of rotatable bonds is 4. The van der Waals surface area contributed by atoms with Gasteiger partial charge in [-0.2, -0.15) is 0 Å². The molecule has 2 amide bonds. The van der Waals surface area contributed by atoms with Gasteiger partial charge in [-0.3, -0.25) is 14.5 Å². The summed E-state index contributed by atoms with van der Waals surface area (Å²) >= 11 is 1.39. The van der Waals surface area contributed by atoms with Crippen molar-refractivity contribution < 1.29 is 23.5 Å². The van der Waals surface area contributed by atoms with Gasteiger partial charge in [0.1, 0.15) is 11.9 Å². The molecule has 2 aromatic carbocycles. The Morgan fingerprint density at radius 2 is 1.87 bits per heavy atom. The smallest absolute Gasteiger partial charge is 0.338 e. The zero-order valence-electron chi connectivity index (χ0n) is 15.7. The molecular formula is C21H16FN3O4S. The summed E-state index contributed by atoms with van der Waals surface area (Å²) in [6, 6.07) is 10.8. The van der Waals surface area contributed by atoms with E-state index in [1.807, 2.05) is 4.90 Å². The maximum Gasteiger partial charge on any atom is 0.338 e. The highest BCUT2D eigenvalue weighted by Crippen LogP contribution is 2.32. The fraction of sp³-hybridized carbons (Fsp3) is 0.238. The monoisotopic (exact) mass is 425 g/mol. The lowest BCUT2D eigenvalue weighted by Crippen LogP contribution is -2.53. The summed E-state index contributed by atoms with van der Waals surface area (Å²) in [5, 5.41) is 0.760. The first-order valence-corrected chi connectivity index (χ1v) is 10.3. The maximum absolute atomic E-state index is 13.3. The topological polar surface area (TPSA) is 79.8 Å². The molecule has 2 aliphatic rings. The lowest BCUT2D eigenvalue weighted by Gasteiger charge is -2.38. The minimum absolute atomic E-state index is 0.184. The summed E-state index contributed by atoms with van der Waals surface area (Å²) in [5.74, 6) is -1.34. The van der Waals surface area contributed by atoms with Gasteiger partial charge in [-0.05, 0) is 36.4 Å². The summed E-state index contributed by atoms with van der Waals surface area (Å²) in [6.45, 7) is 0.994. The molecule has 2 saturated heterocycles. The quantitative estimate of drug-likeness (QED) is 0.472. The Kier molecular flexibility index (Phi) is 4.47. The molecule has 3 heterocycles. The third-order valence-corrected chi connectivity index (χ3v) is 6.20. The summed E-state index contributed by atoms with van der Waals surface area (Å²) in [7, 11) is 0. The average Bonchev–Trinajstić information content (AvgIpc) is 3.26. The Hall–Kier alpha value is -3.33. The van der Waals surface area contributed by atoms with Crippen LogP contribution < -0.4 is 9.80 Å². The molecule has 0 bridgehead atoms. The molecule has 2 aliphatic heterocycles. The Labute approximate surface area is 174 Å². The van der Waals surface area contributed by atoms with Gasteiger partial charge >= 0.3 is 5.97 Å². The lowest BCUT2D eigenvalue weighted by molar-refractivity contribution is -0.121. The fourth-order valence-corrected chi connectivity index (χ4v) is 4.55. The zero-order valence-corrected chi connectivity index (χ0v) is 16.5. The number of anilines is 2. The maximum atomic E-state index is 13.3. The first kappa shape index (κ1) is 18.7. The molecular weight excluding hydrogens is 409 g/mol. The van der Waals surface area contributed by atoms with Crippen molar-refractivity contribution >= 4 is 50.2 Å². The SMILES string of the molecule is O=C(OC1CN(c2nc3ccc(F)cc3s2)C1)c1cccc(N2C(=O)CCC2=O)c1. The first-order valence-electron chi connectivity index (χ1n) is 9.46. The second kappa shape index (κ2) is 7.17. The van der Waals surface area contributed by atoms with Gasteiger partial charge in [-0.1, -0.05) is 17.4 Å². The van der Waals surface area contributed by atoms with Crippen molar-refractivity contribution in [2.45, 2.75) is 18.9 Å². The van der Waals surface area contributed by atoms with E-state index < -0.39 is 5.97 Å². The van der Waals surface area contributed by atoms with Gasteiger partial charge in [0.2, 0.25) is 11.8 Å². The van der Waals surface area contributed by atoms with Crippen molar-refractivity contribution in [2.75, 3.05) is 22.9 Å². The van der Waals surface area contributed by atoms with Crippen molar-refractivity contribution in [1.29, 1.82) is 0 Å². The third kappa shape index (κ3) is 3.30. The third-order valence-electron chi connectivity index (χ3n) is 5.12. The van der Waals surface area contributed by atoms with E-state index in [0.717, 1.165) is 20.2 Å². The molecule has 152 valence electrons. The van der Waals surface area contributed by atoms with Crippen LogP contribution in [0.4, 0.5) is 15.2 Å². The summed E-state index contributed by atoms with van der Waals surface area (Å²) < 4.78 is 19.7. The number of amides is 2. The van der Waals surface area contributed by atoms with Gasteiger partial charge < -0.3 is 9.64 Å². The highest BCUT2D eigenvalue weighted by atomic mass is 32.1. The molecule has 30 heavy (non-hydrogen) atoms. The summed E-state index contributed by atoms with van der Waals surface area (Å²) in [6.07, 6.45) is 0.0770. The number of esters is 1. The molecule has 2 fully saturated rings. The number of aromatic nitrogens is 1. The molecule has 9 heteroatoms. The number of ether oxygens (including phenoxy) is 1. The van der Waals surface area contributed by atoms with Crippen molar-refractivity contribution in [3.05, 3.63) is 53.8 Å². The van der Waals surface area contributed by atoms with Crippen LogP contribution in [0.1, 0.15) is 23.2 Å². The average molecular weight is 425 g/mol. The number of fused-ring (bicyclic) bond motifs is 1. The number of carbonyl (C=O) groups excluding carboxylic acids is 3. The van der Waals surface area contributed by atoms with Crippen LogP contribution in [-0.4, -0.2) is 42.0 Å². The molecule has 0 aliphatic carbocycles. The molecule has 0 saturated carbocycles. The second-order valence-corrected chi connectivity index (χ2v) is 8.22.